The molecule has 0 aliphatic rings. The minimum atomic E-state index is -0.0723. The van der Waals surface area contributed by atoms with Gasteiger partial charge in [0.1, 0.15) is 0 Å². The summed E-state index contributed by atoms with van der Waals surface area (Å²) in [5.74, 6) is -0.0723. The fraction of sp³-hybridized carbons (Fsp3) is 0.0588. The van der Waals surface area contributed by atoms with Gasteiger partial charge in [-0.2, -0.15) is 0 Å². The number of pyridine rings is 1. The Hall–Kier alpha value is -2.88. The monoisotopic (exact) mass is 277 g/mol. The lowest BCUT2D eigenvalue weighted by Gasteiger charge is -2.08. The number of nitrogens with one attached hydrogen (secondary N) is 1. The molecule has 3 rings (SSSR count). The first-order chi connectivity index (χ1) is 10.2. The van der Waals surface area contributed by atoms with Gasteiger partial charge in [-0.1, -0.05) is 18.2 Å². The molecule has 1 amide bonds. The van der Waals surface area contributed by atoms with Crippen LogP contribution in [0.5, 0.6) is 0 Å². The summed E-state index contributed by atoms with van der Waals surface area (Å²) in [4.78, 5) is 16.4. The fourth-order valence-electron chi connectivity index (χ4n) is 2.30. The van der Waals surface area contributed by atoms with Crippen molar-refractivity contribution in [2.75, 3.05) is 11.1 Å². The Balaban J connectivity index is 1.80. The van der Waals surface area contributed by atoms with Gasteiger partial charge in [0, 0.05) is 17.3 Å². The predicted octanol–water partition coefficient (Wildman–Crippen LogP) is 3.00. The van der Waals surface area contributed by atoms with Crippen LogP contribution in [-0.4, -0.2) is 10.9 Å². The molecular weight excluding hydrogens is 262 g/mol. The number of nitrogens with two attached hydrogens (primary N) is 1. The molecule has 2 aromatic carbocycles. The quantitative estimate of drug-likeness (QED) is 0.723. The summed E-state index contributed by atoms with van der Waals surface area (Å²) in [6.07, 6.45) is 2.03. The topological polar surface area (TPSA) is 68.0 Å². The number of fused-ring (bicyclic) bond motifs is 1. The van der Waals surface area contributed by atoms with E-state index in [-0.39, 0.29) is 5.91 Å². The lowest BCUT2D eigenvalue weighted by atomic mass is 10.1. The van der Waals surface area contributed by atoms with Gasteiger partial charge in [-0.05, 0) is 42.0 Å². The maximum atomic E-state index is 12.2. The van der Waals surface area contributed by atoms with Gasteiger partial charge in [0.25, 0.3) is 0 Å². The van der Waals surface area contributed by atoms with E-state index in [2.05, 4.69) is 10.3 Å². The number of carbonyl (C=O) groups excluding carboxylic acids is 1. The average Bonchev–Trinajstić information content (AvgIpc) is 2.47. The van der Waals surface area contributed by atoms with Crippen LogP contribution in [0.2, 0.25) is 0 Å². The minimum absolute atomic E-state index is 0.0723. The maximum Gasteiger partial charge on any atom is 0.228 e. The van der Waals surface area contributed by atoms with E-state index in [0.717, 1.165) is 22.2 Å². The van der Waals surface area contributed by atoms with Crippen molar-refractivity contribution in [1.82, 2.24) is 4.98 Å². The molecule has 104 valence electrons. The van der Waals surface area contributed by atoms with Crippen LogP contribution in [-0.2, 0) is 11.2 Å². The molecule has 0 unspecified atom stereocenters. The summed E-state index contributed by atoms with van der Waals surface area (Å²) < 4.78 is 0. The van der Waals surface area contributed by atoms with Crippen LogP contribution in [0.3, 0.4) is 0 Å². The van der Waals surface area contributed by atoms with Crippen LogP contribution in [0.1, 0.15) is 5.56 Å². The number of amides is 1. The number of nitrogens with zero attached hydrogens (tertiary/aromatic N) is 1. The highest BCUT2D eigenvalue weighted by Crippen LogP contribution is 2.21. The molecular formula is C17H15N3O. The molecule has 0 aliphatic heterocycles. The number of hydrogen-bond donors (Lipinski definition) is 2. The summed E-state index contributed by atoms with van der Waals surface area (Å²) >= 11 is 0. The zero-order valence-electron chi connectivity index (χ0n) is 11.4. The second kappa shape index (κ2) is 5.63. The Labute approximate surface area is 122 Å². The van der Waals surface area contributed by atoms with Crippen molar-refractivity contribution in [3.63, 3.8) is 0 Å². The minimum Gasteiger partial charge on any atom is -0.399 e. The summed E-state index contributed by atoms with van der Waals surface area (Å²) in [5, 5.41) is 3.86. The van der Waals surface area contributed by atoms with Gasteiger partial charge in [-0.3, -0.25) is 9.78 Å². The number of benzene rings is 2. The van der Waals surface area contributed by atoms with Crippen molar-refractivity contribution < 1.29 is 4.79 Å². The standard InChI is InChI=1S/C17H15N3O/c18-13-5-1-4-12(10-13)11-17(21)20-16-8-2-7-15-14(16)6-3-9-19-15/h1-10H,11,18H2,(H,20,21). The van der Waals surface area contributed by atoms with E-state index >= 15 is 0 Å². The van der Waals surface area contributed by atoms with Gasteiger partial charge in [-0.15, -0.1) is 0 Å². The van der Waals surface area contributed by atoms with Gasteiger partial charge in [0.2, 0.25) is 5.91 Å². The summed E-state index contributed by atoms with van der Waals surface area (Å²) in [7, 11) is 0. The molecule has 3 N–H and O–H groups in total. The Kier molecular flexibility index (Phi) is 3.51. The van der Waals surface area contributed by atoms with Crippen molar-refractivity contribution in [3.8, 4) is 0 Å². The normalized spacial score (nSPS) is 10.5. The van der Waals surface area contributed by atoms with Crippen molar-refractivity contribution in [2.45, 2.75) is 6.42 Å². The maximum absolute atomic E-state index is 12.2. The van der Waals surface area contributed by atoms with Gasteiger partial charge in [0.15, 0.2) is 0 Å². The fourth-order valence-corrected chi connectivity index (χ4v) is 2.30. The molecule has 0 aliphatic carbocycles. The highest BCUT2D eigenvalue weighted by atomic mass is 16.1. The molecule has 0 spiro atoms. The number of carbonyl (C=O) groups is 1. The molecule has 4 nitrogen and oxygen atoms in total. The van der Waals surface area contributed by atoms with Gasteiger partial charge >= 0.3 is 0 Å². The lowest BCUT2D eigenvalue weighted by Crippen LogP contribution is -2.14. The van der Waals surface area contributed by atoms with Crippen molar-refractivity contribution in [2.24, 2.45) is 0 Å². The molecule has 1 aromatic heterocycles. The van der Waals surface area contributed by atoms with Crippen molar-refractivity contribution in [3.05, 3.63) is 66.4 Å². The first-order valence-electron chi connectivity index (χ1n) is 6.70. The molecule has 4 heteroatoms. The first-order valence-corrected chi connectivity index (χ1v) is 6.70. The van der Waals surface area contributed by atoms with E-state index in [0.29, 0.717) is 12.1 Å². The Morgan fingerprint density at radius 2 is 1.95 bits per heavy atom. The Bertz CT molecular complexity index is 793. The van der Waals surface area contributed by atoms with E-state index < -0.39 is 0 Å². The number of nitrogen functional groups attached to an aromatic ring is 1. The summed E-state index contributed by atoms with van der Waals surface area (Å²) in [6.45, 7) is 0. The van der Waals surface area contributed by atoms with Gasteiger partial charge < -0.3 is 11.1 Å². The van der Waals surface area contributed by atoms with Crippen LogP contribution in [0.25, 0.3) is 10.9 Å². The third-order valence-electron chi connectivity index (χ3n) is 3.24. The third kappa shape index (κ3) is 3.00. The van der Waals surface area contributed by atoms with E-state index in [1.54, 1.807) is 12.3 Å². The zero-order chi connectivity index (χ0) is 14.7. The second-order valence-corrected chi connectivity index (χ2v) is 4.85. The van der Waals surface area contributed by atoms with E-state index in [1.165, 1.54) is 0 Å². The highest BCUT2D eigenvalue weighted by Gasteiger charge is 2.07. The van der Waals surface area contributed by atoms with Crippen LogP contribution >= 0.6 is 0 Å². The molecule has 0 saturated heterocycles. The molecule has 3 aromatic rings. The SMILES string of the molecule is Nc1cccc(CC(=O)Nc2cccc3ncccc23)c1. The Morgan fingerprint density at radius 3 is 2.81 bits per heavy atom. The van der Waals surface area contributed by atoms with E-state index in [1.807, 2.05) is 48.5 Å². The van der Waals surface area contributed by atoms with Crippen LogP contribution in [0.4, 0.5) is 11.4 Å². The predicted molar refractivity (Wildman–Crippen MR) is 84.9 cm³/mol. The first kappa shape index (κ1) is 13.1. The van der Waals surface area contributed by atoms with Gasteiger partial charge in [-0.25, -0.2) is 0 Å². The Morgan fingerprint density at radius 1 is 1.10 bits per heavy atom. The van der Waals surface area contributed by atoms with E-state index in [9.17, 15) is 4.79 Å². The third-order valence-corrected chi connectivity index (χ3v) is 3.24. The van der Waals surface area contributed by atoms with Crippen molar-refractivity contribution >= 4 is 28.2 Å². The smallest absolute Gasteiger partial charge is 0.228 e. The molecule has 0 fully saturated rings. The summed E-state index contributed by atoms with van der Waals surface area (Å²) in [6, 6.07) is 16.8. The molecule has 0 atom stereocenters. The highest BCUT2D eigenvalue weighted by molar-refractivity contribution is 6.01. The van der Waals surface area contributed by atoms with E-state index in [4.69, 9.17) is 5.73 Å². The average molecular weight is 277 g/mol. The molecule has 21 heavy (non-hydrogen) atoms. The number of rotatable bonds is 3. The molecule has 0 saturated carbocycles. The molecule has 1 heterocycles. The number of anilines is 2. The molecule has 0 bridgehead atoms. The van der Waals surface area contributed by atoms with Crippen LogP contribution in [0.15, 0.2) is 60.8 Å². The van der Waals surface area contributed by atoms with Crippen LogP contribution < -0.4 is 11.1 Å². The lowest BCUT2D eigenvalue weighted by molar-refractivity contribution is -0.115. The van der Waals surface area contributed by atoms with Gasteiger partial charge in [0.05, 0.1) is 17.6 Å². The van der Waals surface area contributed by atoms with Crippen LogP contribution in [0, 0.1) is 0 Å². The number of aromatic nitrogens is 1. The number of hydrogen-bond acceptors (Lipinski definition) is 3. The largest absolute Gasteiger partial charge is 0.399 e. The molecule has 0 radical (unpaired) electrons. The second-order valence-electron chi connectivity index (χ2n) is 4.85. The summed E-state index contributed by atoms with van der Waals surface area (Å²) in [5.41, 5.74) is 8.91. The van der Waals surface area contributed by atoms with Crippen molar-refractivity contribution in [1.29, 1.82) is 0 Å². The zero-order valence-corrected chi connectivity index (χ0v) is 11.4.